The molecule has 2 aromatic carbocycles. The van der Waals surface area contributed by atoms with E-state index in [1.165, 1.54) is 6.42 Å². The first-order valence-corrected chi connectivity index (χ1v) is 12.3. The van der Waals surface area contributed by atoms with E-state index in [4.69, 9.17) is 9.47 Å². The van der Waals surface area contributed by atoms with Crippen molar-refractivity contribution in [1.82, 2.24) is 10.2 Å². The average molecular weight is 467 g/mol. The number of nitrogens with zero attached hydrogens (tertiary/aromatic N) is 1. The van der Waals surface area contributed by atoms with Gasteiger partial charge in [0, 0.05) is 12.6 Å². The van der Waals surface area contributed by atoms with Crippen molar-refractivity contribution in [3.8, 4) is 11.5 Å². The molecule has 2 aromatic rings. The van der Waals surface area contributed by atoms with Gasteiger partial charge in [-0.2, -0.15) is 0 Å². The molecule has 1 N–H and O–H groups in total. The summed E-state index contributed by atoms with van der Waals surface area (Å²) in [5, 5.41) is 3.20. The Morgan fingerprint density at radius 3 is 2.38 bits per heavy atom. The minimum absolute atomic E-state index is 0.0808. The smallest absolute Gasteiger partial charge is 0.261 e. The van der Waals surface area contributed by atoms with E-state index in [0.29, 0.717) is 18.7 Å². The van der Waals surface area contributed by atoms with Crippen molar-refractivity contribution in [2.45, 2.75) is 77.9 Å². The highest BCUT2D eigenvalue weighted by Gasteiger charge is 2.30. The van der Waals surface area contributed by atoms with E-state index in [1.807, 2.05) is 63.2 Å². The Labute approximate surface area is 203 Å². The van der Waals surface area contributed by atoms with E-state index in [0.717, 1.165) is 48.1 Å². The van der Waals surface area contributed by atoms with Crippen molar-refractivity contribution in [2.24, 2.45) is 0 Å². The van der Waals surface area contributed by atoms with Gasteiger partial charge >= 0.3 is 0 Å². The number of hydrogen-bond donors (Lipinski definition) is 1. The molecule has 0 saturated heterocycles. The van der Waals surface area contributed by atoms with E-state index in [1.54, 1.807) is 12.0 Å². The number of benzene rings is 2. The second-order valence-electron chi connectivity index (χ2n) is 9.19. The van der Waals surface area contributed by atoms with E-state index in [-0.39, 0.29) is 24.5 Å². The first-order chi connectivity index (χ1) is 16.4. The standard InChI is InChI=1S/C28H38N2O4/c1-5-25(28(32)29-23-9-7-6-8-10-23)30(18-22-12-14-24(33-4)15-13-22)27(31)19-34-26-16-11-20(2)17-21(26)3/h11-17,23,25H,5-10,18-19H2,1-4H3,(H,29,32). The van der Waals surface area contributed by atoms with E-state index >= 15 is 0 Å². The summed E-state index contributed by atoms with van der Waals surface area (Å²) in [5.74, 6) is 1.15. The van der Waals surface area contributed by atoms with Crippen molar-refractivity contribution in [3.05, 3.63) is 59.2 Å². The number of amides is 2. The topological polar surface area (TPSA) is 67.9 Å². The fourth-order valence-electron chi connectivity index (χ4n) is 4.58. The highest BCUT2D eigenvalue weighted by atomic mass is 16.5. The van der Waals surface area contributed by atoms with Crippen LogP contribution in [0.1, 0.15) is 62.1 Å². The second kappa shape index (κ2) is 12.4. The van der Waals surface area contributed by atoms with Gasteiger partial charge < -0.3 is 19.7 Å². The molecular formula is C28H38N2O4. The van der Waals surface area contributed by atoms with Gasteiger partial charge in [0.1, 0.15) is 17.5 Å². The largest absolute Gasteiger partial charge is 0.497 e. The van der Waals surface area contributed by atoms with Crippen LogP contribution in [0.15, 0.2) is 42.5 Å². The van der Waals surface area contributed by atoms with Crippen LogP contribution < -0.4 is 14.8 Å². The molecule has 6 heteroatoms. The maximum atomic E-state index is 13.4. The molecule has 1 atom stereocenters. The molecule has 3 rings (SSSR count). The van der Waals surface area contributed by atoms with Crippen molar-refractivity contribution in [2.75, 3.05) is 13.7 Å². The quantitative estimate of drug-likeness (QED) is 0.538. The van der Waals surface area contributed by atoms with E-state index < -0.39 is 6.04 Å². The lowest BCUT2D eigenvalue weighted by atomic mass is 9.95. The number of methoxy groups -OCH3 is 1. The van der Waals surface area contributed by atoms with Crippen LogP contribution in [-0.4, -0.2) is 42.5 Å². The summed E-state index contributed by atoms with van der Waals surface area (Å²) in [6.07, 6.45) is 6.04. The lowest BCUT2D eigenvalue weighted by molar-refractivity contribution is -0.143. The third-order valence-electron chi connectivity index (χ3n) is 6.53. The minimum Gasteiger partial charge on any atom is -0.497 e. The van der Waals surface area contributed by atoms with Gasteiger partial charge in [-0.05, 0) is 62.4 Å². The van der Waals surface area contributed by atoms with Crippen molar-refractivity contribution in [1.29, 1.82) is 0 Å². The van der Waals surface area contributed by atoms with Gasteiger partial charge in [-0.15, -0.1) is 0 Å². The molecule has 0 heterocycles. The predicted molar refractivity (Wildman–Crippen MR) is 134 cm³/mol. The lowest BCUT2D eigenvalue weighted by Crippen LogP contribution is -2.52. The zero-order chi connectivity index (χ0) is 24.5. The maximum Gasteiger partial charge on any atom is 0.261 e. The van der Waals surface area contributed by atoms with Gasteiger partial charge in [-0.3, -0.25) is 9.59 Å². The van der Waals surface area contributed by atoms with Gasteiger partial charge in [0.05, 0.1) is 7.11 Å². The SMILES string of the molecule is CCC(C(=O)NC1CCCCC1)N(Cc1ccc(OC)cc1)C(=O)COc1ccc(C)cc1C. The summed E-state index contributed by atoms with van der Waals surface area (Å²) in [5.41, 5.74) is 3.06. The first-order valence-electron chi connectivity index (χ1n) is 12.3. The minimum atomic E-state index is -0.556. The lowest BCUT2D eigenvalue weighted by Gasteiger charge is -2.32. The number of nitrogens with one attached hydrogen (secondary N) is 1. The van der Waals surface area contributed by atoms with E-state index in [2.05, 4.69) is 5.32 Å². The Kier molecular flexibility index (Phi) is 9.37. The molecule has 1 aliphatic rings. The molecule has 1 aliphatic carbocycles. The fourth-order valence-corrected chi connectivity index (χ4v) is 4.58. The molecule has 1 unspecified atom stereocenters. The molecular weight excluding hydrogens is 428 g/mol. The van der Waals surface area contributed by atoms with E-state index in [9.17, 15) is 9.59 Å². The molecule has 184 valence electrons. The number of rotatable bonds is 10. The zero-order valence-corrected chi connectivity index (χ0v) is 20.9. The summed E-state index contributed by atoms with van der Waals surface area (Å²) in [6.45, 7) is 6.15. The molecule has 0 radical (unpaired) electrons. The molecule has 0 aliphatic heterocycles. The van der Waals surface area contributed by atoms with Gasteiger partial charge in [-0.25, -0.2) is 0 Å². The number of aryl methyl sites for hydroxylation is 2. The number of hydrogen-bond acceptors (Lipinski definition) is 4. The predicted octanol–water partition coefficient (Wildman–Crippen LogP) is 4.95. The van der Waals surface area contributed by atoms with Crippen molar-refractivity contribution < 1.29 is 19.1 Å². The molecule has 6 nitrogen and oxygen atoms in total. The maximum absolute atomic E-state index is 13.4. The van der Waals surface area contributed by atoms with Crippen LogP contribution in [-0.2, 0) is 16.1 Å². The van der Waals surface area contributed by atoms with Crippen molar-refractivity contribution in [3.63, 3.8) is 0 Å². The van der Waals surface area contributed by atoms with Gasteiger partial charge in [-0.1, -0.05) is 56.0 Å². The summed E-state index contributed by atoms with van der Waals surface area (Å²) < 4.78 is 11.1. The number of carbonyl (C=O) groups is 2. The van der Waals surface area contributed by atoms with Crippen LogP contribution >= 0.6 is 0 Å². The molecule has 1 saturated carbocycles. The van der Waals surface area contributed by atoms with Crippen LogP contribution in [0.2, 0.25) is 0 Å². The van der Waals surface area contributed by atoms with Gasteiger partial charge in [0.15, 0.2) is 6.61 Å². The Hall–Kier alpha value is -3.02. The van der Waals surface area contributed by atoms with Crippen LogP contribution in [0.5, 0.6) is 11.5 Å². The molecule has 1 fully saturated rings. The highest BCUT2D eigenvalue weighted by molar-refractivity contribution is 5.88. The molecule has 0 aromatic heterocycles. The Balaban J connectivity index is 1.77. The second-order valence-corrected chi connectivity index (χ2v) is 9.19. The van der Waals surface area contributed by atoms with Crippen LogP contribution in [0.3, 0.4) is 0 Å². The highest BCUT2D eigenvalue weighted by Crippen LogP contribution is 2.21. The summed E-state index contributed by atoms with van der Waals surface area (Å²) in [6, 6.07) is 13.1. The van der Waals surface area contributed by atoms with Crippen LogP contribution in [0.25, 0.3) is 0 Å². The van der Waals surface area contributed by atoms with Crippen molar-refractivity contribution >= 4 is 11.8 Å². The third kappa shape index (κ3) is 6.99. The Morgan fingerprint density at radius 1 is 1.06 bits per heavy atom. The normalized spacial score (nSPS) is 14.8. The molecule has 2 amide bonds. The van der Waals surface area contributed by atoms with Crippen LogP contribution in [0.4, 0.5) is 0 Å². The van der Waals surface area contributed by atoms with Gasteiger partial charge in [0.2, 0.25) is 5.91 Å². The zero-order valence-electron chi connectivity index (χ0n) is 20.9. The number of carbonyl (C=O) groups excluding carboxylic acids is 2. The summed E-state index contributed by atoms with van der Waals surface area (Å²) in [4.78, 5) is 28.4. The summed E-state index contributed by atoms with van der Waals surface area (Å²) >= 11 is 0. The number of ether oxygens (including phenoxy) is 2. The Morgan fingerprint density at radius 2 is 1.76 bits per heavy atom. The Bertz CT molecular complexity index is 951. The third-order valence-corrected chi connectivity index (χ3v) is 6.53. The van der Waals surface area contributed by atoms with Crippen LogP contribution in [0, 0.1) is 13.8 Å². The molecule has 0 spiro atoms. The monoisotopic (exact) mass is 466 g/mol. The fraction of sp³-hybridized carbons (Fsp3) is 0.500. The first kappa shape index (κ1) is 25.6. The average Bonchev–Trinajstić information content (AvgIpc) is 2.84. The molecule has 34 heavy (non-hydrogen) atoms. The molecule has 0 bridgehead atoms. The van der Waals surface area contributed by atoms with Gasteiger partial charge in [0.25, 0.3) is 5.91 Å². The summed E-state index contributed by atoms with van der Waals surface area (Å²) in [7, 11) is 1.62.